The van der Waals surface area contributed by atoms with Crippen molar-refractivity contribution in [3.8, 4) is 5.75 Å². The number of anilines is 1. The van der Waals surface area contributed by atoms with Gasteiger partial charge in [-0.3, -0.25) is 4.79 Å². The lowest BCUT2D eigenvalue weighted by Crippen LogP contribution is -2.37. The van der Waals surface area contributed by atoms with E-state index < -0.39 is 0 Å². The minimum atomic E-state index is 0.00508. The van der Waals surface area contributed by atoms with Crippen LogP contribution in [0.15, 0.2) is 42.5 Å². The Balaban J connectivity index is 1.82. The van der Waals surface area contributed by atoms with Crippen LogP contribution in [0.5, 0.6) is 5.75 Å². The van der Waals surface area contributed by atoms with Crippen molar-refractivity contribution >= 4 is 11.6 Å². The molecular weight excluding hydrogens is 352 g/mol. The molecule has 1 atom stereocenters. The van der Waals surface area contributed by atoms with Gasteiger partial charge in [0.1, 0.15) is 5.75 Å². The standard InChI is InChI=1S/C23H30N2O3/c1-17-7-10-19(14-22(17)27-4)23(26)25(16-21-6-5-13-28-21)15-18-8-11-20(12-9-18)24(2)3/h7-12,14,21H,5-6,13,15-16H2,1-4H3. The number of methoxy groups -OCH3 is 1. The van der Waals surface area contributed by atoms with Crippen molar-refractivity contribution in [2.24, 2.45) is 0 Å². The fourth-order valence-electron chi connectivity index (χ4n) is 3.51. The van der Waals surface area contributed by atoms with Crippen LogP contribution < -0.4 is 9.64 Å². The van der Waals surface area contributed by atoms with Crippen LogP contribution in [0.2, 0.25) is 0 Å². The first-order chi connectivity index (χ1) is 13.5. The van der Waals surface area contributed by atoms with Gasteiger partial charge in [0.25, 0.3) is 5.91 Å². The van der Waals surface area contributed by atoms with Crippen LogP contribution in [-0.2, 0) is 11.3 Å². The predicted octanol–water partition coefficient (Wildman–Crippen LogP) is 3.89. The van der Waals surface area contributed by atoms with Gasteiger partial charge >= 0.3 is 0 Å². The molecule has 0 aromatic heterocycles. The summed E-state index contributed by atoms with van der Waals surface area (Å²) in [5, 5.41) is 0. The highest BCUT2D eigenvalue weighted by Crippen LogP contribution is 2.23. The van der Waals surface area contributed by atoms with Gasteiger partial charge in [0, 0.05) is 45.0 Å². The van der Waals surface area contributed by atoms with Gasteiger partial charge in [0.05, 0.1) is 13.2 Å². The molecule has 150 valence electrons. The summed E-state index contributed by atoms with van der Waals surface area (Å²) in [5.41, 5.74) is 3.91. The Hall–Kier alpha value is -2.53. The topological polar surface area (TPSA) is 42.0 Å². The molecule has 5 nitrogen and oxygen atoms in total. The average Bonchev–Trinajstić information content (AvgIpc) is 3.21. The van der Waals surface area contributed by atoms with Crippen LogP contribution in [0.25, 0.3) is 0 Å². The summed E-state index contributed by atoms with van der Waals surface area (Å²) < 4.78 is 11.2. The summed E-state index contributed by atoms with van der Waals surface area (Å²) in [4.78, 5) is 17.3. The van der Waals surface area contributed by atoms with Crippen LogP contribution in [0.1, 0.15) is 34.3 Å². The van der Waals surface area contributed by atoms with Gasteiger partial charge < -0.3 is 19.3 Å². The number of hydrogen-bond donors (Lipinski definition) is 0. The van der Waals surface area contributed by atoms with Gasteiger partial charge in [0.2, 0.25) is 0 Å². The molecule has 1 aliphatic heterocycles. The van der Waals surface area contributed by atoms with Crippen molar-refractivity contribution in [3.63, 3.8) is 0 Å². The molecule has 2 aromatic rings. The largest absolute Gasteiger partial charge is 0.496 e. The number of carbonyl (C=O) groups is 1. The molecular formula is C23H30N2O3. The number of nitrogens with zero attached hydrogens (tertiary/aromatic N) is 2. The Labute approximate surface area is 167 Å². The molecule has 0 saturated carbocycles. The van der Waals surface area contributed by atoms with Crippen LogP contribution in [-0.4, -0.2) is 51.3 Å². The molecule has 2 aromatic carbocycles. The van der Waals surface area contributed by atoms with Gasteiger partial charge in [0.15, 0.2) is 0 Å². The molecule has 0 aliphatic carbocycles. The molecule has 3 rings (SSSR count). The quantitative estimate of drug-likeness (QED) is 0.729. The second-order valence-corrected chi connectivity index (χ2v) is 7.57. The fourth-order valence-corrected chi connectivity index (χ4v) is 3.51. The Bertz CT molecular complexity index is 796. The molecule has 1 saturated heterocycles. The Morgan fingerprint density at radius 1 is 1.18 bits per heavy atom. The van der Waals surface area contributed by atoms with Crippen molar-refractivity contribution in [1.29, 1.82) is 0 Å². The van der Waals surface area contributed by atoms with Gasteiger partial charge in [-0.1, -0.05) is 18.2 Å². The summed E-state index contributed by atoms with van der Waals surface area (Å²) in [6.07, 6.45) is 2.17. The van der Waals surface area contributed by atoms with E-state index in [4.69, 9.17) is 9.47 Å². The Kier molecular flexibility index (Phi) is 6.57. The van der Waals surface area contributed by atoms with Crippen molar-refractivity contribution in [2.75, 3.05) is 39.3 Å². The predicted molar refractivity (Wildman–Crippen MR) is 112 cm³/mol. The van der Waals surface area contributed by atoms with E-state index in [-0.39, 0.29) is 12.0 Å². The highest BCUT2D eigenvalue weighted by atomic mass is 16.5. The van der Waals surface area contributed by atoms with E-state index >= 15 is 0 Å². The lowest BCUT2D eigenvalue weighted by molar-refractivity contribution is 0.0507. The number of ether oxygens (including phenoxy) is 2. The van der Waals surface area contributed by atoms with Crippen molar-refractivity contribution in [3.05, 3.63) is 59.2 Å². The lowest BCUT2D eigenvalue weighted by Gasteiger charge is -2.26. The lowest BCUT2D eigenvalue weighted by atomic mass is 10.1. The zero-order valence-electron chi connectivity index (χ0n) is 17.3. The van der Waals surface area contributed by atoms with E-state index in [1.165, 1.54) is 0 Å². The van der Waals surface area contributed by atoms with E-state index in [1.807, 2.05) is 44.1 Å². The normalized spacial score (nSPS) is 16.1. The molecule has 1 heterocycles. The maximum absolute atomic E-state index is 13.3. The monoisotopic (exact) mass is 382 g/mol. The van der Waals surface area contributed by atoms with E-state index in [0.717, 1.165) is 42.0 Å². The zero-order chi connectivity index (χ0) is 20.1. The van der Waals surface area contributed by atoms with Gasteiger partial charge in [-0.2, -0.15) is 0 Å². The van der Waals surface area contributed by atoms with Crippen molar-refractivity contribution < 1.29 is 14.3 Å². The molecule has 0 N–H and O–H groups in total. The molecule has 0 radical (unpaired) electrons. The first kappa shape index (κ1) is 20.2. The molecule has 0 bridgehead atoms. The Morgan fingerprint density at radius 2 is 1.93 bits per heavy atom. The summed E-state index contributed by atoms with van der Waals surface area (Å²) >= 11 is 0. The molecule has 1 amide bonds. The summed E-state index contributed by atoms with van der Waals surface area (Å²) in [6, 6.07) is 14.0. The molecule has 28 heavy (non-hydrogen) atoms. The van der Waals surface area contributed by atoms with E-state index in [9.17, 15) is 4.79 Å². The van der Waals surface area contributed by atoms with Gasteiger partial charge in [-0.15, -0.1) is 0 Å². The van der Waals surface area contributed by atoms with Crippen LogP contribution in [0.3, 0.4) is 0 Å². The van der Waals surface area contributed by atoms with Crippen molar-refractivity contribution in [2.45, 2.75) is 32.4 Å². The van der Waals surface area contributed by atoms with E-state index in [2.05, 4.69) is 29.2 Å². The third-order valence-corrected chi connectivity index (χ3v) is 5.22. The van der Waals surface area contributed by atoms with Gasteiger partial charge in [-0.05, 0) is 55.2 Å². The van der Waals surface area contributed by atoms with Crippen molar-refractivity contribution in [1.82, 2.24) is 4.90 Å². The number of benzene rings is 2. The van der Waals surface area contributed by atoms with Crippen LogP contribution in [0, 0.1) is 6.92 Å². The zero-order valence-corrected chi connectivity index (χ0v) is 17.3. The molecule has 1 unspecified atom stereocenters. The molecule has 0 spiro atoms. The number of aryl methyl sites for hydroxylation is 1. The van der Waals surface area contributed by atoms with E-state index in [1.54, 1.807) is 7.11 Å². The maximum Gasteiger partial charge on any atom is 0.254 e. The SMILES string of the molecule is COc1cc(C(=O)N(Cc2ccc(N(C)C)cc2)CC2CCCO2)ccc1C. The fraction of sp³-hybridized carbons (Fsp3) is 0.435. The second-order valence-electron chi connectivity index (χ2n) is 7.57. The third kappa shape index (κ3) is 4.84. The highest BCUT2D eigenvalue weighted by molar-refractivity contribution is 5.94. The number of carbonyl (C=O) groups excluding carboxylic acids is 1. The smallest absolute Gasteiger partial charge is 0.254 e. The van der Waals surface area contributed by atoms with Crippen LogP contribution in [0.4, 0.5) is 5.69 Å². The number of amides is 1. The number of rotatable bonds is 7. The first-order valence-corrected chi connectivity index (χ1v) is 9.79. The first-order valence-electron chi connectivity index (χ1n) is 9.79. The van der Waals surface area contributed by atoms with Crippen LogP contribution >= 0.6 is 0 Å². The molecule has 1 aliphatic rings. The third-order valence-electron chi connectivity index (χ3n) is 5.22. The summed E-state index contributed by atoms with van der Waals surface area (Å²) in [5.74, 6) is 0.740. The highest BCUT2D eigenvalue weighted by Gasteiger charge is 2.24. The maximum atomic E-state index is 13.3. The summed E-state index contributed by atoms with van der Waals surface area (Å²) in [7, 11) is 5.67. The summed E-state index contributed by atoms with van der Waals surface area (Å²) in [6.45, 7) is 3.92. The minimum absolute atomic E-state index is 0.00508. The second kappa shape index (κ2) is 9.11. The van der Waals surface area contributed by atoms with E-state index in [0.29, 0.717) is 18.7 Å². The van der Waals surface area contributed by atoms with Gasteiger partial charge in [-0.25, -0.2) is 0 Å². The number of hydrogen-bond acceptors (Lipinski definition) is 4. The minimum Gasteiger partial charge on any atom is -0.496 e. The molecule has 5 heteroatoms. The molecule has 1 fully saturated rings. The Morgan fingerprint density at radius 3 is 2.54 bits per heavy atom. The average molecular weight is 383 g/mol.